The molecule has 2 aromatic rings. The summed E-state index contributed by atoms with van der Waals surface area (Å²) >= 11 is 5.68. The molecule has 3 rings (SSSR count). The molecule has 0 radical (unpaired) electrons. The number of halogens is 2. The van der Waals surface area contributed by atoms with Gasteiger partial charge in [0.25, 0.3) is 5.91 Å². The van der Waals surface area contributed by atoms with Gasteiger partial charge in [0.2, 0.25) is 5.82 Å². The van der Waals surface area contributed by atoms with Crippen molar-refractivity contribution in [3.8, 4) is 11.8 Å². The number of benzene rings is 1. The zero-order valence-electron chi connectivity index (χ0n) is 14.1. The van der Waals surface area contributed by atoms with Crippen LogP contribution in [0, 0.1) is 27.8 Å². The fraction of sp³-hybridized carbons (Fsp3) is 0.222. The summed E-state index contributed by atoms with van der Waals surface area (Å²) in [6.07, 6.45) is 1.49. The van der Waals surface area contributed by atoms with E-state index in [4.69, 9.17) is 11.6 Å². The third kappa shape index (κ3) is 4.33. The van der Waals surface area contributed by atoms with Gasteiger partial charge >= 0.3 is 5.69 Å². The molecule has 0 unspecified atom stereocenters. The quantitative estimate of drug-likeness (QED) is 0.448. The second-order valence-corrected chi connectivity index (χ2v) is 6.19. The molecule has 0 atom stereocenters. The zero-order valence-corrected chi connectivity index (χ0v) is 14.8. The number of amides is 1. The van der Waals surface area contributed by atoms with Gasteiger partial charge in [-0.1, -0.05) is 17.5 Å². The maximum atomic E-state index is 13.7. The van der Waals surface area contributed by atoms with Crippen LogP contribution in [-0.4, -0.2) is 46.9 Å². The molecular weight excluding hydrogens is 375 g/mol. The molecule has 1 aliphatic rings. The van der Waals surface area contributed by atoms with Crippen molar-refractivity contribution in [2.75, 3.05) is 31.1 Å². The van der Waals surface area contributed by atoms with E-state index >= 15 is 0 Å². The Morgan fingerprint density at radius 1 is 1.26 bits per heavy atom. The van der Waals surface area contributed by atoms with E-state index in [0.717, 1.165) is 6.07 Å². The Hall–Kier alpha value is -3.18. The highest BCUT2D eigenvalue weighted by atomic mass is 35.5. The van der Waals surface area contributed by atoms with Crippen molar-refractivity contribution in [1.29, 1.82) is 0 Å². The van der Waals surface area contributed by atoms with Crippen LogP contribution in [0.5, 0.6) is 0 Å². The third-order valence-corrected chi connectivity index (χ3v) is 4.30. The van der Waals surface area contributed by atoms with Gasteiger partial charge < -0.3 is 9.80 Å². The minimum Gasteiger partial charge on any atom is -0.347 e. The molecule has 9 heteroatoms. The number of rotatable bonds is 2. The Morgan fingerprint density at radius 2 is 2.00 bits per heavy atom. The van der Waals surface area contributed by atoms with Gasteiger partial charge in [-0.25, -0.2) is 9.37 Å². The molecule has 1 aliphatic heterocycles. The minimum absolute atomic E-state index is 0.0738. The standard InChI is InChI=1S/C18H14ClFN4O3/c19-14-5-3-13(15(20)12-14)4-6-17(25)22-8-10-23(11-9-22)18-16(24(26)27)2-1-7-21-18/h1-3,5,7,12H,8-11H2. The summed E-state index contributed by atoms with van der Waals surface area (Å²) in [5.41, 5.74) is 0.0192. The van der Waals surface area contributed by atoms with Gasteiger partial charge in [-0.15, -0.1) is 0 Å². The van der Waals surface area contributed by atoms with E-state index in [1.165, 1.54) is 35.4 Å². The van der Waals surface area contributed by atoms with Gasteiger partial charge in [0.05, 0.1) is 10.5 Å². The monoisotopic (exact) mass is 388 g/mol. The molecule has 0 N–H and O–H groups in total. The van der Waals surface area contributed by atoms with E-state index in [1.807, 2.05) is 0 Å². The number of hydrogen-bond acceptors (Lipinski definition) is 5. The predicted octanol–water partition coefficient (Wildman–Crippen LogP) is 2.48. The Bertz CT molecular complexity index is 949. The first kappa shape index (κ1) is 18.6. The van der Waals surface area contributed by atoms with Crippen molar-refractivity contribution in [2.45, 2.75) is 0 Å². The van der Waals surface area contributed by atoms with Crippen LogP contribution in [0.2, 0.25) is 5.02 Å². The maximum absolute atomic E-state index is 13.7. The average molecular weight is 389 g/mol. The maximum Gasteiger partial charge on any atom is 0.311 e. The van der Waals surface area contributed by atoms with Crippen molar-refractivity contribution in [3.63, 3.8) is 0 Å². The lowest BCUT2D eigenvalue weighted by Crippen LogP contribution is -2.48. The SMILES string of the molecule is O=C(C#Cc1ccc(Cl)cc1F)N1CCN(c2ncccc2[N+](=O)[O-])CC1. The highest BCUT2D eigenvalue weighted by Gasteiger charge is 2.26. The number of carbonyl (C=O) groups excluding carboxylic acids is 1. The van der Waals surface area contributed by atoms with Gasteiger partial charge in [0.1, 0.15) is 5.82 Å². The molecule has 0 bridgehead atoms. The Kier molecular flexibility index (Phi) is 5.52. The van der Waals surface area contributed by atoms with Crippen LogP contribution in [0.1, 0.15) is 5.56 Å². The van der Waals surface area contributed by atoms with Crippen LogP contribution >= 0.6 is 11.6 Å². The molecule has 1 amide bonds. The molecule has 27 heavy (non-hydrogen) atoms. The van der Waals surface area contributed by atoms with Crippen molar-refractivity contribution in [3.05, 3.63) is 63.0 Å². The molecule has 0 saturated carbocycles. The van der Waals surface area contributed by atoms with Gasteiger partial charge in [-0.2, -0.15) is 0 Å². The van der Waals surface area contributed by atoms with E-state index < -0.39 is 16.6 Å². The normalized spacial score (nSPS) is 13.7. The number of nitro groups is 1. The van der Waals surface area contributed by atoms with E-state index in [0.29, 0.717) is 26.2 Å². The first-order valence-electron chi connectivity index (χ1n) is 8.06. The predicted molar refractivity (Wildman–Crippen MR) is 98.0 cm³/mol. The molecule has 1 fully saturated rings. The summed E-state index contributed by atoms with van der Waals surface area (Å²) in [7, 11) is 0. The Morgan fingerprint density at radius 3 is 2.67 bits per heavy atom. The average Bonchev–Trinajstić information content (AvgIpc) is 2.67. The first-order valence-corrected chi connectivity index (χ1v) is 8.44. The Balaban J connectivity index is 1.65. The molecule has 0 aliphatic carbocycles. The van der Waals surface area contributed by atoms with Gasteiger partial charge in [-0.05, 0) is 24.3 Å². The second-order valence-electron chi connectivity index (χ2n) is 5.76. The minimum atomic E-state index is -0.588. The van der Waals surface area contributed by atoms with Crippen molar-refractivity contribution in [2.24, 2.45) is 0 Å². The number of nitrogens with zero attached hydrogens (tertiary/aromatic N) is 4. The third-order valence-electron chi connectivity index (χ3n) is 4.06. The molecular formula is C18H14ClFN4O3. The number of piperazine rings is 1. The van der Waals surface area contributed by atoms with E-state index in [-0.39, 0.29) is 22.1 Å². The number of carbonyl (C=O) groups is 1. The van der Waals surface area contributed by atoms with Crippen LogP contribution in [0.25, 0.3) is 0 Å². The summed E-state index contributed by atoms with van der Waals surface area (Å²) in [5, 5.41) is 11.4. The van der Waals surface area contributed by atoms with Crippen LogP contribution < -0.4 is 4.90 Å². The molecule has 7 nitrogen and oxygen atoms in total. The number of aromatic nitrogens is 1. The van der Waals surface area contributed by atoms with Crippen molar-refractivity contribution in [1.82, 2.24) is 9.88 Å². The summed E-state index contributed by atoms with van der Waals surface area (Å²) in [6, 6.07) is 6.95. The molecule has 138 valence electrons. The van der Waals surface area contributed by atoms with Gasteiger partial charge in [-0.3, -0.25) is 14.9 Å². The molecule has 1 aromatic heterocycles. The lowest BCUT2D eigenvalue weighted by molar-refractivity contribution is -0.384. The zero-order chi connectivity index (χ0) is 19.4. The highest BCUT2D eigenvalue weighted by Crippen LogP contribution is 2.25. The van der Waals surface area contributed by atoms with Crippen LogP contribution in [0.3, 0.4) is 0 Å². The van der Waals surface area contributed by atoms with E-state index in [2.05, 4.69) is 16.8 Å². The number of anilines is 1. The highest BCUT2D eigenvalue weighted by molar-refractivity contribution is 6.30. The summed E-state index contributed by atoms with van der Waals surface area (Å²) in [5.74, 6) is 4.20. The van der Waals surface area contributed by atoms with Gasteiger partial charge in [0.15, 0.2) is 0 Å². The second kappa shape index (κ2) is 8.01. The summed E-state index contributed by atoms with van der Waals surface area (Å²) < 4.78 is 13.7. The van der Waals surface area contributed by atoms with Crippen LogP contribution in [-0.2, 0) is 4.79 Å². The fourth-order valence-corrected chi connectivity index (χ4v) is 2.85. The van der Waals surface area contributed by atoms with Gasteiger partial charge in [0, 0.05) is 49.4 Å². The first-order chi connectivity index (χ1) is 13.0. The molecule has 1 saturated heterocycles. The number of pyridine rings is 1. The van der Waals surface area contributed by atoms with Crippen molar-refractivity contribution < 1.29 is 14.1 Å². The van der Waals surface area contributed by atoms with Crippen LogP contribution in [0.4, 0.5) is 15.9 Å². The largest absolute Gasteiger partial charge is 0.347 e. The topological polar surface area (TPSA) is 79.6 Å². The summed E-state index contributed by atoms with van der Waals surface area (Å²) in [4.78, 5) is 30.2. The molecule has 1 aromatic carbocycles. The lowest BCUT2D eigenvalue weighted by atomic mass is 10.2. The molecule has 2 heterocycles. The van der Waals surface area contributed by atoms with E-state index in [1.54, 1.807) is 4.90 Å². The number of hydrogen-bond donors (Lipinski definition) is 0. The van der Waals surface area contributed by atoms with Crippen LogP contribution in [0.15, 0.2) is 36.5 Å². The lowest BCUT2D eigenvalue weighted by Gasteiger charge is -2.34. The smallest absolute Gasteiger partial charge is 0.311 e. The van der Waals surface area contributed by atoms with E-state index in [9.17, 15) is 19.3 Å². The fourth-order valence-electron chi connectivity index (χ4n) is 2.69. The van der Waals surface area contributed by atoms with Crippen molar-refractivity contribution >= 4 is 29.0 Å². The molecule has 0 spiro atoms. The summed E-state index contributed by atoms with van der Waals surface area (Å²) in [6.45, 7) is 1.45. The Labute approximate surface area is 159 Å².